The van der Waals surface area contributed by atoms with Crippen molar-refractivity contribution in [3.05, 3.63) is 146 Å². The van der Waals surface area contributed by atoms with Crippen molar-refractivity contribution in [1.29, 1.82) is 0 Å². The van der Waals surface area contributed by atoms with Crippen molar-refractivity contribution in [2.75, 3.05) is 4.90 Å². The first-order valence-corrected chi connectivity index (χ1v) is 15.2. The summed E-state index contributed by atoms with van der Waals surface area (Å²) in [6.07, 6.45) is 1.99. The number of fused-ring (bicyclic) bond motifs is 7. The van der Waals surface area contributed by atoms with Gasteiger partial charge < -0.3 is 9.32 Å². The number of rotatable bonds is 4. The smallest absolute Gasteiger partial charge is 0.137 e. The van der Waals surface area contributed by atoms with E-state index >= 15 is 0 Å². The lowest BCUT2D eigenvalue weighted by Gasteiger charge is -2.25. The Morgan fingerprint density at radius 2 is 1.23 bits per heavy atom. The van der Waals surface area contributed by atoms with Crippen LogP contribution in [0, 0.1) is 0 Å². The molecule has 0 saturated heterocycles. The Balaban J connectivity index is 1.22. The first-order chi connectivity index (χ1) is 21.3. The molecule has 4 heteroatoms. The molecule has 0 fully saturated rings. The molecule has 0 atom stereocenters. The fourth-order valence-corrected chi connectivity index (χ4v) is 7.37. The van der Waals surface area contributed by atoms with Gasteiger partial charge in [0.05, 0.1) is 22.1 Å². The summed E-state index contributed by atoms with van der Waals surface area (Å²) in [6, 6.07) is 49.3. The molecule has 9 aromatic rings. The average molecular weight is 569 g/mol. The topological polar surface area (TPSA) is 29.3 Å². The minimum atomic E-state index is 0.868. The van der Waals surface area contributed by atoms with Crippen LogP contribution in [0.5, 0.6) is 0 Å². The number of benzene rings is 6. The van der Waals surface area contributed by atoms with E-state index < -0.39 is 0 Å². The molecule has 9 rings (SSSR count). The lowest BCUT2D eigenvalue weighted by atomic mass is 9.98. The molecule has 0 aliphatic rings. The normalized spacial score (nSPS) is 11.7. The number of thiophene rings is 1. The minimum Gasteiger partial charge on any atom is -0.456 e. The third kappa shape index (κ3) is 3.92. The maximum Gasteiger partial charge on any atom is 0.137 e. The summed E-state index contributed by atoms with van der Waals surface area (Å²) in [5.41, 5.74) is 8.31. The van der Waals surface area contributed by atoms with E-state index in [2.05, 4.69) is 132 Å². The van der Waals surface area contributed by atoms with E-state index in [4.69, 9.17) is 9.40 Å². The molecule has 43 heavy (non-hydrogen) atoms. The predicted molar refractivity (Wildman–Crippen MR) is 182 cm³/mol. The van der Waals surface area contributed by atoms with Gasteiger partial charge in [0.1, 0.15) is 11.2 Å². The third-order valence-corrected chi connectivity index (χ3v) is 9.41. The van der Waals surface area contributed by atoms with Gasteiger partial charge in [-0.3, -0.25) is 4.98 Å². The van der Waals surface area contributed by atoms with Crippen molar-refractivity contribution in [1.82, 2.24) is 4.98 Å². The van der Waals surface area contributed by atoms with E-state index in [1.165, 1.54) is 36.7 Å². The molecule has 3 nitrogen and oxygen atoms in total. The van der Waals surface area contributed by atoms with Gasteiger partial charge in [-0.1, -0.05) is 91.0 Å². The largest absolute Gasteiger partial charge is 0.456 e. The van der Waals surface area contributed by atoms with Crippen LogP contribution in [0.3, 0.4) is 0 Å². The molecule has 0 saturated carbocycles. The quantitative estimate of drug-likeness (QED) is 0.211. The zero-order chi connectivity index (χ0) is 28.3. The highest BCUT2D eigenvalue weighted by atomic mass is 32.1. The maximum absolute atomic E-state index is 6.30. The second-order valence-electron chi connectivity index (χ2n) is 10.8. The number of nitrogens with zero attached hydrogens (tertiary/aromatic N) is 2. The number of furan rings is 1. The van der Waals surface area contributed by atoms with Crippen LogP contribution in [0.25, 0.3) is 64.1 Å². The molecule has 0 unspecified atom stereocenters. The minimum absolute atomic E-state index is 0.868. The summed E-state index contributed by atoms with van der Waals surface area (Å²) < 4.78 is 8.72. The molecular formula is C39H24N2OS. The summed E-state index contributed by atoms with van der Waals surface area (Å²) in [5, 5.41) is 5.94. The third-order valence-electron chi connectivity index (χ3n) is 8.31. The lowest BCUT2D eigenvalue weighted by Crippen LogP contribution is -2.10. The van der Waals surface area contributed by atoms with Crippen LogP contribution in [0.2, 0.25) is 0 Å². The van der Waals surface area contributed by atoms with Gasteiger partial charge in [-0.2, -0.15) is 0 Å². The zero-order valence-corrected chi connectivity index (χ0v) is 23.9. The first-order valence-electron chi connectivity index (χ1n) is 14.4. The molecule has 0 radical (unpaired) electrons. The number of hydrogen-bond donors (Lipinski definition) is 0. The van der Waals surface area contributed by atoms with Gasteiger partial charge in [-0.15, -0.1) is 11.3 Å². The van der Waals surface area contributed by atoms with Crippen LogP contribution in [-0.4, -0.2) is 4.98 Å². The molecule has 0 N–H and O–H groups in total. The second kappa shape index (κ2) is 9.55. The van der Waals surface area contributed by atoms with Crippen molar-refractivity contribution in [2.45, 2.75) is 0 Å². The van der Waals surface area contributed by atoms with Crippen molar-refractivity contribution in [3.63, 3.8) is 0 Å². The Labute approximate surface area is 251 Å². The van der Waals surface area contributed by atoms with Gasteiger partial charge in [-0.25, -0.2) is 0 Å². The molecule has 3 aromatic heterocycles. The Morgan fingerprint density at radius 3 is 2.14 bits per heavy atom. The number of aromatic nitrogens is 1. The molecule has 0 aliphatic carbocycles. The van der Waals surface area contributed by atoms with E-state index in [1.807, 2.05) is 18.3 Å². The fourth-order valence-electron chi connectivity index (χ4n) is 6.27. The van der Waals surface area contributed by atoms with Gasteiger partial charge in [0, 0.05) is 38.3 Å². The zero-order valence-electron chi connectivity index (χ0n) is 23.1. The number of hydrogen-bond acceptors (Lipinski definition) is 4. The van der Waals surface area contributed by atoms with Crippen LogP contribution in [0.4, 0.5) is 17.1 Å². The summed E-state index contributed by atoms with van der Waals surface area (Å²) >= 11 is 1.78. The summed E-state index contributed by atoms with van der Waals surface area (Å²) in [5.74, 6) is 0. The van der Waals surface area contributed by atoms with E-state index in [0.717, 1.165) is 44.5 Å². The highest BCUT2D eigenvalue weighted by molar-refractivity contribution is 7.25. The van der Waals surface area contributed by atoms with E-state index in [1.54, 1.807) is 11.3 Å². The molecule has 0 aliphatic heterocycles. The Hall–Kier alpha value is -5.45. The maximum atomic E-state index is 6.30. The van der Waals surface area contributed by atoms with Crippen molar-refractivity contribution >= 4 is 81.4 Å². The SMILES string of the molecule is c1ccc2c(-c3ccc(N(c4ccc5c(c4)oc4ccccc45)c4cnc5c(c4)sc4ccccc45)cc3)cccc2c1. The predicted octanol–water partition coefficient (Wildman–Crippen LogP) is 11.6. The number of para-hydroxylation sites is 1. The summed E-state index contributed by atoms with van der Waals surface area (Å²) in [7, 11) is 0. The van der Waals surface area contributed by atoms with Crippen LogP contribution in [0.1, 0.15) is 0 Å². The Kier molecular flexibility index (Phi) is 5.37. The highest BCUT2D eigenvalue weighted by Crippen LogP contribution is 2.42. The molecule has 3 heterocycles. The summed E-state index contributed by atoms with van der Waals surface area (Å²) in [4.78, 5) is 7.26. The summed E-state index contributed by atoms with van der Waals surface area (Å²) in [6.45, 7) is 0. The van der Waals surface area contributed by atoms with E-state index in [9.17, 15) is 0 Å². The van der Waals surface area contributed by atoms with Crippen LogP contribution in [-0.2, 0) is 0 Å². The fraction of sp³-hybridized carbons (Fsp3) is 0. The van der Waals surface area contributed by atoms with Crippen molar-refractivity contribution < 1.29 is 4.42 Å². The van der Waals surface area contributed by atoms with Gasteiger partial charge >= 0.3 is 0 Å². The Morgan fingerprint density at radius 1 is 0.512 bits per heavy atom. The average Bonchev–Trinajstić information content (AvgIpc) is 3.62. The van der Waals surface area contributed by atoms with E-state index in [0.29, 0.717) is 0 Å². The van der Waals surface area contributed by atoms with Crippen LogP contribution >= 0.6 is 11.3 Å². The molecule has 0 spiro atoms. The molecule has 0 amide bonds. The molecule has 0 bridgehead atoms. The number of anilines is 3. The van der Waals surface area contributed by atoms with Gasteiger partial charge in [0.15, 0.2) is 0 Å². The first kappa shape index (κ1) is 24.2. The van der Waals surface area contributed by atoms with Gasteiger partial charge in [0.2, 0.25) is 0 Å². The molecular weight excluding hydrogens is 545 g/mol. The molecule has 202 valence electrons. The number of pyridine rings is 1. The van der Waals surface area contributed by atoms with Crippen molar-refractivity contribution in [3.8, 4) is 11.1 Å². The second-order valence-corrected chi connectivity index (χ2v) is 11.9. The van der Waals surface area contributed by atoms with E-state index in [-0.39, 0.29) is 0 Å². The van der Waals surface area contributed by atoms with Crippen molar-refractivity contribution in [2.24, 2.45) is 0 Å². The standard InChI is InChI=1S/C39H24N2OS/c1-2-10-30-25(8-1)9-7-13-31(30)26-16-18-27(19-17-26)41(28-20-21-33-32-11-3-5-14-35(32)42-36(33)22-28)29-23-38-39(40-24-29)34-12-4-6-15-37(34)43-38/h1-24H. The van der Waals surface area contributed by atoms with Crippen LogP contribution < -0.4 is 4.90 Å². The highest BCUT2D eigenvalue weighted by Gasteiger charge is 2.18. The van der Waals surface area contributed by atoms with Gasteiger partial charge in [-0.05, 0) is 64.4 Å². The van der Waals surface area contributed by atoms with Gasteiger partial charge in [0.25, 0.3) is 0 Å². The monoisotopic (exact) mass is 568 g/mol. The van der Waals surface area contributed by atoms with Crippen LogP contribution in [0.15, 0.2) is 150 Å². The Bertz CT molecular complexity index is 2350. The lowest BCUT2D eigenvalue weighted by molar-refractivity contribution is 0.669. The molecule has 6 aromatic carbocycles.